The molecule has 3 aromatic rings. The first-order chi connectivity index (χ1) is 17.4. The summed E-state index contributed by atoms with van der Waals surface area (Å²) in [7, 11) is 0. The van der Waals surface area contributed by atoms with E-state index in [4.69, 9.17) is 4.74 Å². The van der Waals surface area contributed by atoms with E-state index < -0.39 is 23.4 Å². The molecule has 2 nitrogen and oxygen atoms in total. The summed E-state index contributed by atoms with van der Waals surface area (Å²) < 4.78 is 48.6. The molecule has 0 atom stereocenters. The number of aryl methyl sites for hydroxylation is 2. The molecule has 0 N–H and O–H groups in total. The van der Waals surface area contributed by atoms with Gasteiger partial charge in [-0.05, 0) is 72.2 Å². The van der Waals surface area contributed by atoms with Crippen molar-refractivity contribution in [1.29, 1.82) is 0 Å². The van der Waals surface area contributed by atoms with E-state index in [-0.39, 0.29) is 16.9 Å². The Balaban J connectivity index is 1.63. The molecule has 0 aliphatic heterocycles. The zero-order valence-corrected chi connectivity index (χ0v) is 21.2. The highest BCUT2D eigenvalue weighted by Gasteiger charge is 2.18. The molecule has 0 unspecified atom stereocenters. The highest BCUT2D eigenvalue weighted by molar-refractivity contribution is 5.91. The van der Waals surface area contributed by atoms with Crippen LogP contribution >= 0.6 is 0 Å². The fraction of sp³-hybridized carbons (Fsp3) is 0.387. The second-order valence-corrected chi connectivity index (χ2v) is 9.25. The summed E-state index contributed by atoms with van der Waals surface area (Å²) in [5.74, 6) is -3.58. The van der Waals surface area contributed by atoms with Crippen LogP contribution in [0.15, 0.2) is 54.6 Å². The van der Waals surface area contributed by atoms with Crippen LogP contribution in [0.2, 0.25) is 0 Å². The van der Waals surface area contributed by atoms with Crippen LogP contribution in [0.3, 0.4) is 0 Å². The first kappa shape index (κ1) is 27.5. The van der Waals surface area contributed by atoms with Gasteiger partial charge < -0.3 is 4.74 Å². The largest absolute Gasteiger partial charge is 0.420 e. The van der Waals surface area contributed by atoms with Gasteiger partial charge in [-0.2, -0.15) is 4.39 Å². The molecule has 3 aromatic carbocycles. The fourth-order valence-electron chi connectivity index (χ4n) is 4.22. The Hall–Kier alpha value is -3.08. The van der Waals surface area contributed by atoms with Crippen LogP contribution in [-0.4, -0.2) is 5.97 Å². The fourth-order valence-corrected chi connectivity index (χ4v) is 4.22. The molecule has 0 aliphatic carbocycles. The van der Waals surface area contributed by atoms with E-state index in [0.29, 0.717) is 24.0 Å². The van der Waals surface area contributed by atoms with Crippen molar-refractivity contribution in [3.8, 4) is 16.9 Å². The highest BCUT2D eigenvalue weighted by atomic mass is 19.2. The Labute approximate surface area is 212 Å². The van der Waals surface area contributed by atoms with E-state index >= 15 is 0 Å². The van der Waals surface area contributed by atoms with Crippen molar-refractivity contribution < 1.29 is 22.7 Å². The molecule has 0 amide bonds. The summed E-state index contributed by atoms with van der Waals surface area (Å²) >= 11 is 0. The van der Waals surface area contributed by atoms with E-state index in [2.05, 4.69) is 13.8 Å². The Kier molecular flexibility index (Phi) is 10.6. The summed E-state index contributed by atoms with van der Waals surface area (Å²) in [6, 6.07) is 14.4. The second kappa shape index (κ2) is 13.9. The van der Waals surface area contributed by atoms with Crippen LogP contribution in [-0.2, 0) is 12.8 Å². The lowest BCUT2D eigenvalue weighted by molar-refractivity contribution is 0.0726. The molecular formula is C31H35F3O2. The van der Waals surface area contributed by atoms with Crippen molar-refractivity contribution in [3.63, 3.8) is 0 Å². The summed E-state index contributed by atoms with van der Waals surface area (Å²) in [6.45, 7) is 4.23. The third-order valence-electron chi connectivity index (χ3n) is 6.44. The van der Waals surface area contributed by atoms with Crippen molar-refractivity contribution in [2.75, 3.05) is 0 Å². The normalized spacial score (nSPS) is 11.0. The minimum Gasteiger partial charge on any atom is -0.420 e. The van der Waals surface area contributed by atoms with Gasteiger partial charge in [0.2, 0.25) is 5.82 Å². The molecule has 0 bridgehead atoms. The van der Waals surface area contributed by atoms with Crippen LogP contribution < -0.4 is 4.74 Å². The molecule has 0 aromatic heterocycles. The van der Waals surface area contributed by atoms with Crippen LogP contribution in [0, 0.1) is 17.5 Å². The van der Waals surface area contributed by atoms with Gasteiger partial charge in [0.25, 0.3) is 0 Å². The third kappa shape index (κ3) is 7.46. The van der Waals surface area contributed by atoms with Crippen LogP contribution in [0.4, 0.5) is 13.2 Å². The molecule has 192 valence electrons. The Bertz CT molecular complexity index is 1140. The molecule has 0 fully saturated rings. The number of benzene rings is 3. The topological polar surface area (TPSA) is 26.3 Å². The van der Waals surface area contributed by atoms with Gasteiger partial charge in [0, 0.05) is 0 Å². The van der Waals surface area contributed by atoms with Crippen molar-refractivity contribution in [2.24, 2.45) is 0 Å². The summed E-state index contributed by atoms with van der Waals surface area (Å²) in [4.78, 5) is 12.5. The van der Waals surface area contributed by atoms with Crippen LogP contribution in [0.5, 0.6) is 5.75 Å². The average molecular weight is 497 g/mol. The van der Waals surface area contributed by atoms with Gasteiger partial charge in [-0.1, -0.05) is 82.7 Å². The number of carbonyl (C=O) groups is 1. The predicted molar refractivity (Wildman–Crippen MR) is 139 cm³/mol. The van der Waals surface area contributed by atoms with Crippen molar-refractivity contribution in [3.05, 3.63) is 88.7 Å². The predicted octanol–water partition coefficient (Wildman–Crippen LogP) is 9.24. The maximum absolute atomic E-state index is 14.5. The van der Waals surface area contributed by atoms with Gasteiger partial charge in [-0.25, -0.2) is 13.6 Å². The van der Waals surface area contributed by atoms with Gasteiger partial charge in [-0.3, -0.25) is 0 Å². The number of hydrogen-bond donors (Lipinski definition) is 0. The van der Waals surface area contributed by atoms with Gasteiger partial charge >= 0.3 is 5.97 Å². The molecule has 0 saturated carbocycles. The molecular weight excluding hydrogens is 461 g/mol. The third-order valence-corrected chi connectivity index (χ3v) is 6.44. The standard InChI is InChI=1S/C31H35F3O2/c1-3-5-7-8-10-12-24-19-20-28(30(34)29(24)33)36-31(35)25-16-13-22(14-17-25)26-18-15-23(27(32)21-26)11-9-6-4-2/h13-21H,3-12H2,1-2H3. The molecule has 0 heterocycles. The van der Waals surface area contributed by atoms with Gasteiger partial charge in [0.1, 0.15) is 5.82 Å². The zero-order valence-electron chi connectivity index (χ0n) is 21.2. The number of halogens is 3. The Morgan fingerprint density at radius 1 is 0.667 bits per heavy atom. The number of ether oxygens (including phenoxy) is 1. The second-order valence-electron chi connectivity index (χ2n) is 9.25. The minimum absolute atomic E-state index is 0.190. The first-order valence-corrected chi connectivity index (χ1v) is 13.0. The zero-order chi connectivity index (χ0) is 25.9. The molecule has 0 radical (unpaired) electrons. The Morgan fingerprint density at radius 2 is 1.25 bits per heavy atom. The van der Waals surface area contributed by atoms with E-state index in [1.807, 2.05) is 6.07 Å². The maximum atomic E-state index is 14.5. The SMILES string of the molecule is CCCCCCCc1ccc(OC(=O)c2ccc(-c3ccc(CCCCC)c(F)c3)cc2)c(F)c1F. The number of hydrogen-bond acceptors (Lipinski definition) is 2. The molecule has 3 rings (SSSR count). The van der Waals surface area contributed by atoms with Crippen molar-refractivity contribution in [2.45, 2.75) is 78.1 Å². The lowest BCUT2D eigenvalue weighted by atomic mass is 10.00. The smallest absolute Gasteiger partial charge is 0.343 e. The molecule has 36 heavy (non-hydrogen) atoms. The van der Waals surface area contributed by atoms with Crippen molar-refractivity contribution in [1.82, 2.24) is 0 Å². The number of carbonyl (C=O) groups excluding carboxylic acids is 1. The van der Waals surface area contributed by atoms with E-state index in [1.165, 1.54) is 30.3 Å². The summed E-state index contributed by atoms with van der Waals surface area (Å²) in [5, 5.41) is 0. The lowest BCUT2D eigenvalue weighted by Gasteiger charge is -2.10. The molecule has 5 heteroatoms. The van der Waals surface area contributed by atoms with E-state index in [0.717, 1.165) is 56.9 Å². The lowest BCUT2D eigenvalue weighted by Crippen LogP contribution is -2.10. The van der Waals surface area contributed by atoms with E-state index in [9.17, 15) is 18.0 Å². The minimum atomic E-state index is -1.15. The van der Waals surface area contributed by atoms with Gasteiger partial charge in [0.15, 0.2) is 11.6 Å². The highest BCUT2D eigenvalue weighted by Crippen LogP contribution is 2.27. The maximum Gasteiger partial charge on any atom is 0.343 e. The van der Waals surface area contributed by atoms with Crippen molar-refractivity contribution >= 4 is 5.97 Å². The number of unbranched alkanes of at least 4 members (excludes halogenated alkanes) is 6. The van der Waals surface area contributed by atoms with Gasteiger partial charge in [0.05, 0.1) is 5.56 Å². The monoisotopic (exact) mass is 496 g/mol. The summed E-state index contributed by atoms with van der Waals surface area (Å²) in [5.41, 5.74) is 2.62. The first-order valence-electron chi connectivity index (χ1n) is 13.0. The molecule has 0 aliphatic rings. The summed E-state index contributed by atoms with van der Waals surface area (Å²) in [6.07, 6.45) is 9.35. The van der Waals surface area contributed by atoms with Gasteiger partial charge in [-0.15, -0.1) is 0 Å². The average Bonchev–Trinajstić information content (AvgIpc) is 2.89. The number of rotatable bonds is 13. The Morgan fingerprint density at radius 3 is 1.94 bits per heavy atom. The van der Waals surface area contributed by atoms with E-state index in [1.54, 1.807) is 18.2 Å². The quantitative estimate of drug-likeness (QED) is 0.134. The van der Waals surface area contributed by atoms with Crippen LogP contribution in [0.1, 0.15) is 86.7 Å². The molecule has 0 spiro atoms. The molecule has 0 saturated heterocycles. The number of esters is 1. The van der Waals surface area contributed by atoms with Crippen LogP contribution in [0.25, 0.3) is 11.1 Å².